The van der Waals surface area contributed by atoms with Gasteiger partial charge in [0.25, 0.3) is 0 Å². The van der Waals surface area contributed by atoms with Crippen LogP contribution in [0.1, 0.15) is 38.8 Å². The lowest BCUT2D eigenvalue weighted by Crippen LogP contribution is -2.40. The van der Waals surface area contributed by atoms with E-state index >= 15 is 0 Å². The molecule has 2 amide bonds. The van der Waals surface area contributed by atoms with Gasteiger partial charge in [-0.3, -0.25) is 9.59 Å². The number of carbonyl (C=O) groups excluding carboxylic acids is 2. The summed E-state index contributed by atoms with van der Waals surface area (Å²) in [7, 11) is -3.76. The summed E-state index contributed by atoms with van der Waals surface area (Å²) in [5.74, 6) is -0.290. The Morgan fingerprint density at radius 1 is 1.09 bits per heavy atom. The first-order chi connectivity index (χ1) is 16.2. The number of carbonyl (C=O) groups is 2. The van der Waals surface area contributed by atoms with Crippen molar-refractivity contribution in [1.29, 1.82) is 0 Å². The van der Waals surface area contributed by atoms with Gasteiger partial charge < -0.3 is 20.1 Å². The highest BCUT2D eigenvalue weighted by Gasteiger charge is 2.28. The van der Waals surface area contributed by atoms with E-state index in [4.69, 9.17) is 9.47 Å². The van der Waals surface area contributed by atoms with Gasteiger partial charge in [-0.15, -0.1) is 0 Å². The number of rotatable bonds is 9. The van der Waals surface area contributed by atoms with Crippen molar-refractivity contribution >= 4 is 27.5 Å². The summed E-state index contributed by atoms with van der Waals surface area (Å²) >= 11 is 0. The highest BCUT2D eigenvalue weighted by atomic mass is 32.2. The molecule has 0 saturated carbocycles. The first-order valence-corrected chi connectivity index (χ1v) is 12.6. The number of sulfonamides is 1. The molecule has 1 fully saturated rings. The topological polar surface area (TPSA) is 114 Å². The van der Waals surface area contributed by atoms with Crippen molar-refractivity contribution in [2.45, 2.75) is 44.2 Å². The van der Waals surface area contributed by atoms with Crippen molar-refractivity contribution in [3.63, 3.8) is 0 Å². The van der Waals surface area contributed by atoms with Gasteiger partial charge in [0, 0.05) is 20.0 Å². The number of nitrogens with zero attached hydrogens (tertiary/aromatic N) is 1. The first-order valence-electron chi connectivity index (χ1n) is 11.2. The van der Waals surface area contributed by atoms with E-state index in [1.807, 2.05) is 44.2 Å². The number of morpholine rings is 1. The summed E-state index contributed by atoms with van der Waals surface area (Å²) in [6.45, 7) is 6.27. The van der Waals surface area contributed by atoms with Crippen LogP contribution in [0, 0.1) is 0 Å². The Kier molecular flexibility index (Phi) is 8.65. The molecule has 0 spiro atoms. The highest BCUT2D eigenvalue weighted by Crippen LogP contribution is 2.31. The van der Waals surface area contributed by atoms with Crippen LogP contribution in [-0.4, -0.2) is 56.9 Å². The Labute approximate surface area is 200 Å². The molecule has 1 aliphatic rings. The van der Waals surface area contributed by atoms with Crippen LogP contribution in [0.3, 0.4) is 0 Å². The van der Waals surface area contributed by atoms with Crippen LogP contribution in [0.25, 0.3) is 0 Å². The molecule has 184 valence electrons. The SMILES string of the molecule is CC(=O)NC(CC(=O)Nc1cc(S(=O)(=O)N2CCOCC2)ccc1OC(C)C)c1ccccc1. The number of hydrogen-bond acceptors (Lipinski definition) is 6. The van der Waals surface area contributed by atoms with Crippen LogP contribution < -0.4 is 15.4 Å². The van der Waals surface area contributed by atoms with E-state index < -0.39 is 22.0 Å². The molecule has 2 aromatic carbocycles. The fourth-order valence-corrected chi connectivity index (χ4v) is 5.06. The fraction of sp³-hybridized carbons (Fsp3) is 0.417. The summed E-state index contributed by atoms with van der Waals surface area (Å²) in [5.41, 5.74) is 1.04. The van der Waals surface area contributed by atoms with Crippen LogP contribution in [0.5, 0.6) is 5.75 Å². The second-order valence-corrected chi connectivity index (χ2v) is 10.2. The largest absolute Gasteiger partial charge is 0.489 e. The summed E-state index contributed by atoms with van der Waals surface area (Å²) in [6, 6.07) is 13.1. The molecule has 0 radical (unpaired) electrons. The van der Waals surface area contributed by atoms with Crippen LogP contribution in [0.2, 0.25) is 0 Å². The van der Waals surface area contributed by atoms with Gasteiger partial charge in [0.2, 0.25) is 21.8 Å². The van der Waals surface area contributed by atoms with Gasteiger partial charge >= 0.3 is 0 Å². The quantitative estimate of drug-likeness (QED) is 0.560. The Morgan fingerprint density at radius 2 is 1.76 bits per heavy atom. The van der Waals surface area contributed by atoms with Gasteiger partial charge in [-0.1, -0.05) is 30.3 Å². The van der Waals surface area contributed by atoms with Gasteiger partial charge in [-0.2, -0.15) is 4.31 Å². The molecule has 2 aromatic rings. The Hall–Kier alpha value is -2.95. The van der Waals surface area contributed by atoms with E-state index in [-0.39, 0.29) is 42.1 Å². The van der Waals surface area contributed by atoms with Gasteiger partial charge in [0.15, 0.2) is 0 Å². The summed E-state index contributed by atoms with van der Waals surface area (Å²) in [4.78, 5) is 24.7. The average Bonchev–Trinajstić information content (AvgIpc) is 2.80. The minimum Gasteiger partial charge on any atom is -0.489 e. The Balaban J connectivity index is 1.86. The third kappa shape index (κ3) is 6.78. The van der Waals surface area contributed by atoms with Crippen LogP contribution in [-0.2, 0) is 24.3 Å². The predicted molar refractivity (Wildman–Crippen MR) is 128 cm³/mol. The number of hydrogen-bond donors (Lipinski definition) is 2. The van der Waals surface area contributed by atoms with Gasteiger partial charge in [-0.05, 0) is 37.6 Å². The molecule has 1 unspecified atom stereocenters. The van der Waals surface area contributed by atoms with Gasteiger partial charge in [-0.25, -0.2) is 8.42 Å². The van der Waals surface area contributed by atoms with E-state index in [9.17, 15) is 18.0 Å². The fourth-order valence-electron chi connectivity index (χ4n) is 3.63. The molecule has 3 rings (SSSR count). The Morgan fingerprint density at radius 3 is 2.38 bits per heavy atom. The molecule has 0 aliphatic carbocycles. The minimum absolute atomic E-state index is 0.0366. The highest BCUT2D eigenvalue weighted by molar-refractivity contribution is 7.89. The molecule has 2 N–H and O–H groups in total. The predicted octanol–water partition coefficient (Wildman–Crippen LogP) is 2.70. The van der Waals surface area contributed by atoms with Crippen LogP contribution in [0.4, 0.5) is 5.69 Å². The number of ether oxygens (including phenoxy) is 2. The van der Waals surface area contributed by atoms with Crippen molar-refractivity contribution in [1.82, 2.24) is 9.62 Å². The number of amides is 2. The third-order valence-electron chi connectivity index (χ3n) is 5.16. The molecule has 1 aliphatic heterocycles. The van der Waals surface area contributed by atoms with Crippen LogP contribution in [0.15, 0.2) is 53.4 Å². The lowest BCUT2D eigenvalue weighted by molar-refractivity contribution is -0.120. The lowest BCUT2D eigenvalue weighted by Gasteiger charge is -2.26. The smallest absolute Gasteiger partial charge is 0.243 e. The molecule has 34 heavy (non-hydrogen) atoms. The van der Waals surface area contributed by atoms with Crippen molar-refractivity contribution in [3.05, 3.63) is 54.1 Å². The zero-order valence-corrected chi connectivity index (χ0v) is 20.4. The molecular formula is C24H31N3O6S. The molecule has 1 atom stereocenters. The molecule has 0 bridgehead atoms. The summed E-state index contributed by atoms with van der Waals surface area (Å²) < 4.78 is 38.6. The zero-order valence-electron chi connectivity index (χ0n) is 19.6. The number of anilines is 1. The maximum absolute atomic E-state index is 13.1. The average molecular weight is 490 g/mol. The molecule has 1 heterocycles. The second-order valence-electron chi connectivity index (χ2n) is 8.26. The van der Waals surface area contributed by atoms with Crippen molar-refractivity contribution in [2.24, 2.45) is 0 Å². The lowest BCUT2D eigenvalue weighted by atomic mass is 10.0. The summed E-state index contributed by atoms with van der Waals surface area (Å²) in [6.07, 6.45) is -0.223. The zero-order chi connectivity index (χ0) is 24.7. The minimum atomic E-state index is -3.76. The Bertz CT molecular complexity index is 1100. The van der Waals surface area contributed by atoms with E-state index in [0.717, 1.165) is 5.56 Å². The maximum atomic E-state index is 13.1. The van der Waals surface area contributed by atoms with Crippen molar-refractivity contribution in [3.8, 4) is 5.75 Å². The van der Waals surface area contributed by atoms with E-state index in [1.165, 1.54) is 23.4 Å². The third-order valence-corrected chi connectivity index (χ3v) is 7.06. The maximum Gasteiger partial charge on any atom is 0.243 e. The van der Waals surface area contributed by atoms with Crippen LogP contribution >= 0.6 is 0 Å². The number of benzene rings is 2. The van der Waals surface area contributed by atoms with Gasteiger partial charge in [0.1, 0.15) is 5.75 Å². The van der Waals surface area contributed by atoms with E-state index in [0.29, 0.717) is 19.0 Å². The van der Waals surface area contributed by atoms with Crippen molar-refractivity contribution < 1.29 is 27.5 Å². The first kappa shape index (κ1) is 25.7. The monoisotopic (exact) mass is 489 g/mol. The molecule has 1 saturated heterocycles. The van der Waals surface area contributed by atoms with E-state index in [1.54, 1.807) is 6.07 Å². The van der Waals surface area contributed by atoms with Crippen molar-refractivity contribution in [2.75, 3.05) is 31.6 Å². The molecular weight excluding hydrogens is 458 g/mol. The summed E-state index contributed by atoms with van der Waals surface area (Å²) in [5, 5.41) is 5.57. The normalized spacial score (nSPS) is 15.5. The molecule has 0 aromatic heterocycles. The second kappa shape index (κ2) is 11.5. The molecule has 10 heteroatoms. The number of nitrogens with one attached hydrogen (secondary N) is 2. The standard InChI is InChI=1S/C24H31N3O6S/c1-17(2)33-23-10-9-20(34(30,31)27-11-13-32-14-12-27)15-22(23)26-24(29)16-21(25-18(3)28)19-7-5-4-6-8-19/h4-10,15,17,21H,11-14,16H2,1-3H3,(H,25,28)(H,26,29). The van der Waals surface area contributed by atoms with E-state index in [2.05, 4.69) is 10.6 Å². The molecule has 9 nitrogen and oxygen atoms in total. The van der Waals surface area contributed by atoms with Gasteiger partial charge in [0.05, 0.1) is 42.4 Å².